The van der Waals surface area contributed by atoms with Crippen molar-refractivity contribution in [2.24, 2.45) is 4.99 Å². The molecule has 1 aliphatic rings. The summed E-state index contributed by atoms with van der Waals surface area (Å²) in [7, 11) is 0. The van der Waals surface area contributed by atoms with Crippen molar-refractivity contribution in [2.75, 3.05) is 0 Å². The van der Waals surface area contributed by atoms with E-state index in [1.54, 1.807) is 18.2 Å². The second kappa shape index (κ2) is 13.9. The summed E-state index contributed by atoms with van der Waals surface area (Å²) in [6.45, 7) is 0. The Kier molecular flexibility index (Phi) is 8.70. The van der Waals surface area contributed by atoms with Crippen LogP contribution in [0, 0.1) is 10.1 Å². The van der Waals surface area contributed by atoms with E-state index in [1.807, 2.05) is 115 Å². The number of amides is 1. The van der Waals surface area contributed by atoms with Gasteiger partial charge >= 0.3 is 0 Å². The van der Waals surface area contributed by atoms with E-state index >= 15 is 0 Å². The highest BCUT2D eigenvalue weighted by atomic mass is 16.6. The number of H-pyrrole nitrogens is 3. The maximum Gasteiger partial charge on any atom is 0.270 e. The minimum atomic E-state index is -1.75. The molecule has 0 spiro atoms. The topological polar surface area (TPSA) is 157 Å². The minimum Gasteiger partial charge on any atom is -0.373 e. The number of hydrogen-bond acceptors (Lipinski definition) is 5. The minimum absolute atomic E-state index is 0.117. The van der Waals surface area contributed by atoms with Crippen molar-refractivity contribution in [3.8, 4) is 0 Å². The van der Waals surface area contributed by atoms with Crippen LogP contribution >= 0.6 is 0 Å². The van der Waals surface area contributed by atoms with E-state index in [0.29, 0.717) is 28.4 Å². The first-order valence-corrected chi connectivity index (χ1v) is 17.1. The van der Waals surface area contributed by atoms with E-state index in [1.165, 1.54) is 30.3 Å². The van der Waals surface area contributed by atoms with Crippen LogP contribution in [0.15, 0.2) is 169 Å². The zero-order chi connectivity index (χ0) is 37.2. The number of nitrogens with zero attached hydrogens (tertiary/aromatic N) is 2. The number of ketones is 1. The molecule has 0 saturated heterocycles. The Balaban J connectivity index is 1.27. The first kappa shape index (κ1) is 33.7. The highest BCUT2D eigenvalue weighted by molar-refractivity contribution is 6.34. The van der Waals surface area contributed by atoms with Crippen LogP contribution in [0.2, 0.25) is 0 Å². The smallest absolute Gasteiger partial charge is 0.270 e. The van der Waals surface area contributed by atoms with E-state index in [0.717, 1.165) is 33.0 Å². The molecule has 1 unspecified atom stereocenters. The number of aromatic nitrogens is 3. The molecule has 0 fully saturated rings. The number of non-ortho nitro benzene ring substituents is 1. The molecule has 4 heterocycles. The molecule has 10 nitrogen and oxygen atoms in total. The fourth-order valence-corrected chi connectivity index (χ4v) is 6.79. The summed E-state index contributed by atoms with van der Waals surface area (Å²) < 4.78 is 0. The molecule has 10 heteroatoms. The highest BCUT2D eigenvalue weighted by Gasteiger charge is 2.37. The predicted octanol–water partition coefficient (Wildman–Crippen LogP) is 6.08. The number of allylic oxidation sites excluding steroid dienone is 1. The van der Waals surface area contributed by atoms with Gasteiger partial charge in [-0.1, -0.05) is 91.0 Å². The maximum absolute atomic E-state index is 13.5. The van der Waals surface area contributed by atoms with Crippen LogP contribution in [0.25, 0.3) is 11.1 Å². The summed E-state index contributed by atoms with van der Waals surface area (Å²) in [5.41, 5.74) is 4.66. The first-order valence-electron chi connectivity index (χ1n) is 17.1. The second-order valence-electron chi connectivity index (χ2n) is 12.7. The van der Waals surface area contributed by atoms with Crippen LogP contribution in [0.5, 0.6) is 0 Å². The van der Waals surface area contributed by atoms with Crippen molar-refractivity contribution < 1.29 is 19.6 Å². The molecule has 1 aliphatic heterocycles. The molecule has 0 aliphatic carbocycles. The Hall–Kier alpha value is -7.43. The Labute approximate surface area is 308 Å². The average Bonchev–Trinajstić information content (AvgIpc) is 4.06. The van der Waals surface area contributed by atoms with Crippen molar-refractivity contribution in [3.05, 3.63) is 230 Å². The third-order valence-corrected chi connectivity index (χ3v) is 9.42. The quantitative estimate of drug-likeness (QED) is 0.0770. The van der Waals surface area contributed by atoms with Crippen molar-refractivity contribution >= 4 is 34.2 Å². The number of hydrogen-bond donors (Lipinski definition) is 4. The highest BCUT2D eigenvalue weighted by Crippen LogP contribution is 2.37. The predicted molar refractivity (Wildman–Crippen MR) is 205 cm³/mol. The number of carbonyl (C=O) groups is 2. The molecule has 4 N–H and O–H groups in total. The van der Waals surface area contributed by atoms with Crippen molar-refractivity contribution in [1.82, 2.24) is 15.0 Å². The van der Waals surface area contributed by atoms with Gasteiger partial charge in [0, 0.05) is 51.3 Å². The number of nitrogens with one attached hydrogen (secondary N) is 3. The van der Waals surface area contributed by atoms with E-state index in [4.69, 9.17) is 0 Å². The molecular formula is C44H31N5O5. The molecular weight excluding hydrogens is 679 g/mol. The van der Waals surface area contributed by atoms with Crippen molar-refractivity contribution in [1.29, 1.82) is 0 Å². The van der Waals surface area contributed by atoms with Crippen LogP contribution in [-0.4, -0.2) is 42.4 Å². The zero-order valence-electron chi connectivity index (χ0n) is 28.6. The Morgan fingerprint density at radius 3 is 1.70 bits per heavy atom. The van der Waals surface area contributed by atoms with Crippen molar-refractivity contribution in [3.63, 3.8) is 0 Å². The SMILES string of the molecule is O=C1C=CC(/C(c2ccccc2)=c2\cc/c(=C(/c3ccccc3)c3ccc(C(O)(c4ccccc4)c4ccc(C(=O)c5ccc([N+](=O)[O-])cc5)[nH]4)[nH]3)[nH]2)=N1. The van der Waals surface area contributed by atoms with Gasteiger partial charge in [-0.3, -0.25) is 19.7 Å². The fourth-order valence-electron chi connectivity index (χ4n) is 6.79. The van der Waals surface area contributed by atoms with Gasteiger partial charge in [0.05, 0.1) is 27.7 Å². The number of aromatic amines is 3. The maximum atomic E-state index is 13.5. The first-order chi connectivity index (χ1) is 26.3. The summed E-state index contributed by atoms with van der Waals surface area (Å²) in [4.78, 5) is 50.7. The molecule has 7 aromatic rings. The summed E-state index contributed by atoms with van der Waals surface area (Å²) in [5.74, 6) is -0.687. The fraction of sp³-hybridized carbons (Fsp3) is 0.0227. The van der Waals surface area contributed by atoms with Gasteiger partial charge in [-0.15, -0.1) is 0 Å². The van der Waals surface area contributed by atoms with Gasteiger partial charge in [-0.05, 0) is 71.3 Å². The van der Waals surface area contributed by atoms with Crippen molar-refractivity contribution in [2.45, 2.75) is 5.60 Å². The average molecular weight is 710 g/mol. The van der Waals surface area contributed by atoms with E-state index in [-0.39, 0.29) is 28.6 Å². The largest absolute Gasteiger partial charge is 0.373 e. The van der Waals surface area contributed by atoms with Gasteiger partial charge in [0.2, 0.25) is 5.78 Å². The summed E-state index contributed by atoms with van der Waals surface area (Å²) in [5, 5.41) is 25.5. The molecule has 1 atom stereocenters. The van der Waals surface area contributed by atoms with E-state index in [9.17, 15) is 24.8 Å². The number of aliphatic imine (C=N–C) groups is 1. The van der Waals surface area contributed by atoms with E-state index in [2.05, 4.69) is 19.9 Å². The van der Waals surface area contributed by atoms with Gasteiger partial charge in [0.15, 0.2) is 5.60 Å². The van der Waals surface area contributed by atoms with E-state index < -0.39 is 10.5 Å². The Bertz CT molecular complexity index is 2720. The zero-order valence-corrected chi connectivity index (χ0v) is 28.6. The van der Waals surface area contributed by atoms with Crippen LogP contribution in [0.1, 0.15) is 49.8 Å². The second-order valence-corrected chi connectivity index (χ2v) is 12.7. The molecule has 3 aromatic heterocycles. The lowest BCUT2D eigenvalue weighted by molar-refractivity contribution is -0.384. The number of aliphatic hydroxyl groups is 1. The molecule has 0 saturated carbocycles. The van der Waals surface area contributed by atoms with Gasteiger partial charge < -0.3 is 20.1 Å². The number of nitro benzene ring substituents is 1. The van der Waals surface area contributed by atoms with Gasteiger partial charge in [0.1, 0.15) is 0 Å². The third-order valence-electron chi connectivity index (χ3n) is 9.42. The number of carbonyl (C=O) groups excluding carboxylic acids is 2. The lowest BCUT2D eigenvalue weighted by atomic mass is 9.87. The molecule has 8 rings (SSSR count). The molecule has 1 amide bonds. The number of rotatable bonds is 10. The van der Waals surface area contributed by atoms with Crippen LogP contribution in [-0.2, 0) is 10.4 Å². The lowest BCUT2D eigenvalue weighted by Gasteiger charge is -2.27. The number of benzene rings is 4. The molecule has 54 heavy (non-hydrogen) atoms. The third kappa shape index (κ3) is 6.23. The number of nitro groups is 1. The van der Waals surface area contributed by atoms with Crippen LogP contribution in [0.3, 0.4) is 0 Å². The van der Waals surface area contributed by atoms with Crippen LogP contribution < -0.4 is 10.7 Å². The summed E-state index contributed by atoms with van der Waals surface area (Å²) in [6.07, 6.45) is 3.18. The summed E-state index contributed by atoms with van der Waals surface area (Å²) in [6, 6.07) is 45.1. The monoisotopic (exact) mass is 709 g/mol. The van der Waals surface area contributed by atoms with Crippen LogP contribution in [0.4, 0.5) is 5.69 Å². The normalized spacial score (nSPS) is 14.7. The Morgan fingerprint density at radius 1 is 0.593 bits per heavy atom. The lowest BCUT2D eigenvalue weighted by Crippen LogP contribution is -2.30. The molecule has 0 bridgehead atoms. The molecule has 0 radical (unpaired) electrons. The van der Waals surface area contributed by atoms with Gasteiger partial charge in [-0.2, -0.15) is 0 Å². The summed E-state index contributed by atoms with van der Waals surface area (Å²) >= 11 is 0. The molecule has 4 aromatic carbocycles. The van der Waals surface area contributed by atoms with Gasteiger partial charge in [0.25, 0.3) is 11.6 Å². The standard InChI is InChI=1S/C44H31N5O5/c50-40-27-24-36(48-40)42(29-12-6-2-7-13-29)34-21-20-33(45-34)41(28-10-4-1-5-11-28)35-22-25-38(46-35)44(52,31-14-8-3-9-15-31)39-26-23-37(47-39)43(51)30-16-18-32(19-17-30)49(53)54/h1-27,45-47,52H/b41-33+,42-34+. The Morgan fingerprint density at radius 2 is 1.13 bits per heavy atom. The molecule has 262 valence electrons. The van der Waals surface area contributed by atoms with Gasteiger partial charge in [-0.25, -0.2) is 4.99 Å².